The van der Waals surface area contributed by atoms with Gasteiger partial charge in [-0.05, 0) is 55.8 Å². The number of allylic oxidation sites excluding steroid dienone is 1. The molecule has 1 aliphatic heterocycles. The Morgan fingerprint density at radius 2 is 1.63 bits per heavy atom. The summed E-state index contributed by atoms with van der Waals surface area (Å²) < 4.78 is 0. The van der Waals surface area contributed by atoms with Crippen LogP contribution in [-0.2, 0) is 9.59 Å². The maximum atomic E-state index is 12.6. The van der Waals surface area contributed by atoms with Crippen LogP contribution in [0.4, 0.5) is 0 Å². The fourth-order valence-electron chi connectivity index (χ4n) is 2.99. The van der Waals surface area contributed by atoms with Gasteiger partial charge in [0.15, 0.2) is 0 Å². The highest BCUT2D eigenvalue weighted by Gasteiger charge is 2.25. The van der Waals surface area contributed by atoms with Gasteiger partial charge in [-0.25, -0.2) is 0 Å². The normalized spacial score (nSPS) is 15.3. The van der Waals surface area contributed by atoms with Crippen molar-refractivity contribution >= 4 is 17.3 Å². The number of Topliss-reactive ketones (excluding diaryl/α,β-unsaturated/α-hetero) is 1. The first-order valence-corrected chi connectivity index (χ1v) is 10.1. The number of benzene rings is 1. The smallest absolute Gasteiger partial charge is 0.292 e. The number of piperidine rings is 1. The molecule has 0 unspecified atom stereocenters. The van der Waals surface area contributed by atoms with Gasteiger partial charge in [-0.2, -0.15) is 0 Å². The summed E-state index contributed by atoms with van der Waals surface area (Å²) in [5, 5.41) is 6.13. The molecule has 0 saturated carbocycles. The molecule has 27 heavy (non-hydrogen) atoms. The third-order valence-electron chi connectivity index (χ3n) is 4.29. The number of carbonyl (C=O) groups excluding carboxylic acids is 2. The molecule has 1 aromatic rings. The van der Waals surface area contributed by atoms with Crippen molar-refractivity contribution in [2.45, 2.75) is 66.3 Å². The molecule has 1 heterocycles. The molecule has 150 valence electrons. The molecule has 4 nitrogen and oxygen atoms in total. The van der Waals surface area contributed by atoms with Gasteiger partial charge in [0.1, 0.15) is 0 Å². The van der Waals surface area contributed by atoms with Crippen LogP contribution in [0.5, 0.6) is 0 Å². The highest BCUT2D eigenvalue weighted by Crippen LogP contribution is 2.26. The molecule has 1 aliphatic rings. The Kier molecular flexibility index (Phi) is 10.0. The number of rotatable bonds is 5. The van der Waals surface area contributed by atoms with E-state index >= 15 is 0 Å². The quantitative estimate of drug-likeness (QED) is 0.598. The summed E-state index contributed by atoms with van der Waals surface area (Å²) in [7, 11) is 0. The van der Waals surface area contributed by atoms with Gasteiger partial charge in [0.25, 0.3) is 5.91 Å². The Morgan fingerprint density at radius 3 is 2.15 bits per heavy atom. The Labute approximate surface area is 164 Å². The van der Waals surface area contributed by atoms with Crippen molar-refractivity contribution in [1.82, 2.24) is 10.6 Å². The molecule has 2 N–H and O–H groups in total. The van der Waals surface area contributed by atoms with E-state index < -0.39 is 11.7 Å². The molecule has 2 rings (SSSR count). The Bertz CT molecular complexity index is 639. The van der Waals surface area contributed by atoms with Gasteiger partial charge in [0, 0.05) is 11.6 Å². The average molecular weight is 373 g/mol. The van der Waals surface area contributed by atoms with Gasteiger partial charge in [0.2, 0.25) is 5.78 Å². The molecule has 4 heteroatoms. The van der Waals surface area contributed by atoms with Gasteiger partial charge < -0.3 is 10.6 Å². The molecule has 0 radical (unpaired) electrons. The SMILES string of the molecule is C/C=C(/C(=O)C(=O)NC1CCNCC1)c1ccccc1C(C)C.CC(C)C. The highest BCUT2D eigenvalue weighted by molar-refractivity contribution is 6.53. The van der Waals surface area contributed by atoms with Crippen LogP contribution in [0.2, 0.25) is 0 Å². The summed E-state index contributed by atoms with van der Waals surface area (Å²) in [5.41, 5.74) is 2.43. The van der Waals surface area contributed by atoms with Gasteiger partial charge >= 0.3 is 0 Å². The van der Waals surface area contributed by atoms with Gasteiger partial charge in [-0.15, -0.1) is 0 Å². The zero-order valence-electron chi connectivity index (χ0n) is 17.8. The monoisotopic (exact) mass is 372 g/mol. The maximum Gasteiger partial charge on any atom is 0.292 e. The third-order valence-corrected chi connectivity index (χ3v) is 4.29. The van der Waals surface area contributed by atoms with Crippen molar-refractivity contribution in [3.8, 4) is 0 Å². The zero-order valence-corrected chi connectivity index (χ0v) is 17.8. The summed E-state index contributed by atoms with van der Waals surface area (Å²) >= 11 is 0. The molecule has 0 aromatic heterocycles. The summed E-state index contributed by atoms with van der Waals surface area (Å²) in [6.45, 7) is 14.2. The van der Waals surface area contributed by atoms with Crippen LogP contribution in [0, 0.1) is 5.92 Å². The van der Waals surface area contributed by atoms with Crippen LogP contribution >= 0.6 is 0 Å². The van der Waals surface area contributed by atoms with Crippen molar-refractivity contribution in [2.24, 2.45) is 5.92 Å². The number of hydrogen-bond acceptors (Lipinski definition) is 3. The first-order chi connectivity index (χ1) is 12.8. The zero-order chi connectivity index (χ0) is 20.4. The van der Waals surface area contributed by atoms with Crippen LogP contribution < -0.4 is 10.6 Å². The van der Waals surface area contributed by atoms with Gasteiger partial charge in [-0.3, -0.25) is 9.59 Å². The van der Waals surface area contributed by atoms with E-state index in [-0.39, 0.29) is 6.04 Å². The van der Waals surface area contributed by atoms with Crippen LogP contribution in [0.15, 0.2) is 30.3 Å². The topological polar surface area (TPSA) is 58.2 Å². The summed E-state index contributed by atoms with van der Waals surface area (Å²) in [4.78, 5) is 25.0. The van der Waals surface area contributed by atoms with Crippen LogP contribution in [0.25, 0.3) is 5.57 Å². The lowest BCUT2D eigenvalue weighted by Crippen LogP contribution is -2.45. The lowest BCUT2D eigenvalue weighted by atomic mass is 9.90. The average Bonchev–Trinajstić information content (AvgIpc) is 2.63. The minimum Gasteiger partial charge on any atom is -0.346 e. The molecule has 0 bridgehead atoms. The van der Waals surface area contributed by atoms with Crippen molar-refractivity contribution in [3.63, 3.8) is 0 Å². The Hall–Kier alpha value is -1.94. The number of amides is 1. The largest absolute Gasteiger partial charge is 0.346 e. The van der Waals surface area contributed by atoms with E-state index in [1.807, 2.05) is 31.2 Å². The van der Waals surface area contributed by atoms with Crippen molar-refractivity contribution in [1.29, 1.82) is 0 Å². The lowest BCUT2D eigenvalue weighted by Gasteiger charge is -2.23. The number of nitrogens with one attached hydrogen (secondary N) is 2. The van der Waals surface area contributed by atoms with E-state index in [4.69, 9.17) is 0 Å². The second kappa shape index (κ2) is 11.7. The molecular weight excluding hydrogens is 336 g/mol. The summed E-state index contributed by atoms with van der Waals surface area (Å²) in [6, 6.07) is 7.89. The molecular formula is C23H36N2O2. The van der Waals surface area contributed by atoms with Gasteiger partial charge in [0.05, 0.1) is 0 Å². The molecule has 0 spiro atoms. The second-order valence-corrected chi connectivity index (χ2v) is 8.00. The standard InChI is InChI=1S/C19H26N2O2.C4H10/c1-4-15(17-8-6-5-7-16(17)13(2)3)18(22)19(23)21-14-9-11-20-12-10-14;1-4(2)3/h4-8,13-14,20H,9-12H2,1-3H3,(H,21,23);4H,1-3H3/b15-4+;. The first-order valence-electron chi connectivity index (χ1n) is 10.1. The van der Waals surface area contributed by atoms with E-state index in [0.29, 0.717) is 11.5 Å². The molecule has 1 saturated heterocycles. The van der Waals surface area contributed by atoms with Crippen LogP contribution in [-0.4, -0.2) is 30.8 Å². The number of ketones is 1. The predicted octanol–water partition coefficient (Wildman–Crippen LogP) is 4.31. The van der Waals surface area contributed by atoms with Crippen molar-refractivity contribution < 1.29 is 9.59 Å². The Balaban J connectivity index is 0.000000828. The minimum absolute atomic E-state index is 0.0890. The molecule has 1 fully saturated rings. The van der Waals surface area contributed by atoms with E-state index in [1.165, 1.54) is 0 Å². The molecule has 0 aliphatic carbocycles. The van der Waals surface area contributed by atoms with Crippen LogP contribution in [0.1, 0.15) is 71.4 Å². The van der Waals surface area contributed by atoms with E-state index in [0.717, 1.165) is 43.0 Å². The fraction of sp³-hybridized carbons (Fsp3) is 0.565. The minimum atomic E-state index is -0.497. The molecule has 0 atom stereocenters. The van der Waals surface area contributed by atoms with E-state index in [2.05, 4.69) is 45.3 Å². The first kappa shape index (κ1) is 23.1. The van der Waals surface area contributed by atoms with E-state index in [1.54, 1.807) is 6.08 Å². The van der Waals surface area contributed by atoms with Gasteiger partial charge in [-0.1, -0.05) is 65.0 Å². The fourth-order valence-corrected chi connectivity index (χ4v) is 2.99. The highest BCUT2D eigenvalue weighted by atomic mass is 16.2. The maximum absolute atomic E-state index is 12.6. The molecule has 1 amide bonds. The number of carbonyl (C=O) groups is 2. The second-order valence-electron chi connectivity index (χ2n) is 8.00. The van der Waals surface area contributed by atoms with Crippen molar-refractivity contribution in [3.05, 3.63) is 41.5 Å². The number of hydrogen-bond donors (Lipinski definition) is 2. The summed E-state index contributed by atoms with van der Waals surface area (Å²) in [5.74, 6) is 0.184. The third kappa shape index (κ3) is 7.67. The van der Waals surface area contributed by atoms with Crippen molar-refractivity contribution in [2.75, 3.05) is 13.1 Å². The Morgan fingerprint density at radius 1 is 1.07 bits per heavy atom. The molecule has 1 aromatic carbocycles. The summed E-state index contributed by atoms with van der Waals surface area (Å²) in [6.07, 6.45) is 3.48. The van der Waals surface area contributed by atoms with E-state index in [9.17, 15) is 9.59 Å². The van der Waals surface area contributed by atoms with Crippen LogP contribution in [0.3, 0.4) is 0 Å². The lowest BCUT2D eigenvalue weighted by molar-refractivity contribution is -0.135. The predicted molar refractivity (Wildman–Crippen MR) is 114 cm³/mol.